The van der Waals surface area contributed by atoms with E-state index in [1.165, 1.54) is 18.3 Å². The molecule has 0 spiro atoms. The first-order valence-corrected chi connectivity index (χ1v) is 10.9. The Bertz CT molecular complexity index is 951. The van der Waals surface area contributed by atoms with Gasteiger partial charge in [0.2, 0.25) is 0 Å². The van der Waals surface area contributed by atoms with Gasteiger partial charge in [-0.2, -0.15) is 4.39 Å². The summed E-state index contributed by atoms with van der Waals surface area (Å²) >= 11 is 0.677. The van der Waals surface area contributed by atoms with Crippen molar-refractivity contribution in [3.8, 4) is 0 Å². The molecular weight excluding hydrogens is 395 g/mol. The van der Waals surface area contributed by atoms with E-state index in [9.17, 15) is 17.6 Å². The van der Waals surface area contributed by atoms with Gasteiger partial charge in [0.05, 0.1) is 6.20 Å². The van der Waals surface area contributed by atoms with Crippen LogP contribution in [-0.2, 0) is 19.5 Å². The molecule has 0 bridgehead atoms. The maximum Gasteiger partial charge on any atom is 0.280 e. The minimum Gasteiger partial charge on any atom is -0.392 e. The van der Waals surface area contributed by atoms with Crippen LogP contribution < -0.4 is 5.32 Å². The molecule has 1 aliphatic rings. The number of anilines is 1. The molecule has 8 nitrogen and oxygen atoms in total. The summed E-state index contributed by atoms with van der Waals surface area (Å²) in [5.41, 5.74) is 0.181. The lowest BCUT2D eigenvalue weighted by atomic mass is 10.1. The average molecular weight is 412 g/mol. The minimum absolute atomic E-state index is 0.0756. The number of oxime groups is 1. The van der Waals surface area contributed by atoms with E-state index in [0.29, 0.717) is 11.3 Å². The molecule has 2 aromatic heterocycles. The van der Waals surface area contributed by atoms with Crippen LogP contribution in [0.5, 0.6) is 0 Å². The van der Waals surface area contributed by atoms with E-state index in [-0.39, 0.29) is 27.5 Å². The molecule has 3 rings (SSSR count). The number of hydrogen-bond acceptors (Lipinski definition) is 8. The molecule has 0 saturated heterocycles. The van der Waals surface area contributed by atoms with Crippen molar-refractivity contribution in [1.29, 1.82) is 0 Å². The van der Waals surface area contributed by atoms with E-state index in [1.807, 2.05) is 0 Å². The Morgan fingerprint density at radius 1 is 1.30 bits per heavy atom. The third kappa shape index (κ3) is 5.07. The second-order valence-electron chi connectivity index (χ2n) is 6.03. The Kier molecular flexibility index (Phi) is 5.80. The summed E-state index contributed by atoms with van der Waals surface area (Å²) in [5.74, 6) is -0.656. The largest absolute Gasteiger partial charge is 0.392 e. The molecule has 0 aromatic carbocycles. The molecule has 1 aliphatic carbocycles. The normalized spacial score (nSPS) is 15.7. The second kappa shape index (κ2) is 8.09. The van der Waals surface area contributed by atoms with Crippen LogP contribution in [0.25, 0.3) is 0 Å². The highest BCUT2D eigenvalue weighted by molar-refractivity contribution is 7.90. The third-order valence-corrected chi connectivity index (χ3v) is 5.60. The van der Waals surface area contributed by atoms with Gasteiger partial charge >= 0.3 is 0 Å². The summed E-state index contributed by atoms with van der Waals surface area (Å²) in [6.45, 7) is 0. The van der Waals surface area contributed by atoms with E-state index in [1.54, 1.807) is 0 Å². The van der Waals surface area contributed by atoms with Gasteiger partial charge in [-0.25, -0.2) is 18.4 Å². The fourth-order valence-corrected chi connectivity index (χ4v) is 3.65. The molecular formula is C16H17FN4O4S2. The topological polar surface area (TPSA) is 111 Å². The number of halogens is 1. The molecule has 0 unspecified atom stereocenters. The average Bonchev–Trinajstić information content (AvgIpc) is 3.26. The van der Waals surface area contributed by atoms with Gasteiger partial charge in [-0.3, -0.25) is 10.1 Å². The molecule has 0 radical (unpaired) electrons. The molecule has 2 aromatic rings. The number of nitrogens with zero attached hydrogens (tertiary/aromatic N) is 3. The first-order valence-electron chi connectivity index (χ1n) is 8.16. The van der Waals surface area contributed by atoms with Gasteiger partial charge in [-0.15, -0.1) is 0 Å². The zero-order valence-corrected chi connectivity index (χ0v) is 16.0. The molecule has 11 heteroatoms. The standard InChI is InChI=1S/C16H17FN4O4S2/c1-27(23,24)13-7-6-10(8-18-13)14(21-25-11-4-2-3-5-11)15(22)20-16-19-9-12(17)26-16/h6-9,11H,2-5H2,1H3,(H,19,20,22). The van der Waals surface area contributed by atoms with Crippen LogP contribution in [0.4, 0.5) is 9.52 Å². The lowest BCUT2D eigenvalue weighted by Crippen LogP contribution is -2.25. The van der Waals surface area contributed by atoms with Gasteiger partial charge in [-0.1, -0.05) is 16.5 Å². The second-order valence-corrected chi connectivity index (χ2v) is 8.98. The number of amides is 1. The van der Waals surface area contributed by atoms with Gasteiger partial charge in [0.25, 0.3) is 5.91 Å². The number of carbonyl (C=O) groups is 1. The van der Waals surface area contributed by atoms with Gasteiger partial charge in [0.1, 0.15) is 6.10 Å². The fraction of sp³-hybridized carbons (Fsp3) is 0.375. The highest BCUT2D eigenvalue weighted by Crippen LogP contribution is 2.22. The molecule has 0 atom stereocenters. The predicted molar refractivity (Wildman–Crippen MR) is 97.9 cm³/mol. The van der Waals surface area contributed by atoms with E-state index < -0.39 is 20.9 Å². The van der Waals surface area contributed by atoms with E-state index in [4.69, 9.17) is 4.84 Å². The quantitative estimate of drug-likeness (QED) is 0.576. The van der Waals surface area contributed by atoms with Gasteiger partial charge in [0, 0.05) is 18.0 Å². The van der Waals surface area contributed by atoms with Crippen LogP contribution in [0.3, 0.4) is 0 Å². The Morgan fingerprint density at radius 2 is 2.04 bits per heavy atom. The Morgan fingerprint density at radius 3 is 2.59 bits per heavy atom. The number of carbonyl (C=O) groups excluding carboxylic acids is 1. The van der Waals surface area contributed by atoms with Crippen molar-refractivity contribution in [2.75, 3.05) is 11.6 Å². The Labute approximate surface area is 159 Å². The molecule has 1 amide bonds. The summed E-state index contributed by atoms with van der Waals surface area (Å²) in [6, 6.07) is 2.70. The number of sulfone groups is 1. The Hall–Kier alpha value is -2.40. The van der Waals surface area contributed by atoms with Gasteiger partial charge in [0.15, 0.2) is 30.8 Å². The number of thiazole rings is 1. The minimum atomic E-state index is -3.47. The molecule has 27 heavy (non-hydrogen) atoms. The highest BCUT2D eigenvalue weighted by Gasteiger charge is 2.21. The Balaban J connectivity index is 1.86. The van der Waals surface area contributed by atoms with Gasteiger partial charge < -0.3 is 4.84 Å². The van der Waals surface area contributed by atoms with E-state index in [0.717, 1.165) is 38.1 Å². The van der Waals surface area contributed by atoms with E-state index >= 15 is 0 Å². The number of hydrogen-bond donors (Lipinski definition) is 1. The van der Waals surface area contributed by atoms with Crippen LogP contribution in [0, 0.1) is 5.13 Å². The van der Waals surface area contributed by atoms with Crippen molar-refractivity contribution in [1.82, 2.24) is 9.97 Å². The lowest BCUT2D eigenvalue weighted by Gasteiger charge is -2.10. The van der Waals surface area contributed by atoms with E-state index in [2.05, 4.69) is 20.4 Å². The first kappa shape index (κ1) is 19.4. The number of rotatable bonds is 6. The monoisotopic (exact) mass is 412 g/mol. The summed E-state index contributed by atoms with van der Waals surface area (Å²) < 4.78 is 36.2. The maximum atomic E-state index is 13.1. The zero-order valence-electron chi connectivity index (χ0n) is 14.4. The summed E-state index contributed by atoms with van der Waals surface area (Å²) in [6.07, 6.45) is 6.95. The summed E-state index contributed by atoms with van der Waals surface area (Å²) in [7, 11) is -3.47. The van der Waals surface area contributed by atoms with Crippen molar-refractivity contribution in [3.63, 3.8) is 0 Å². The summed E-state index contributed by atoms with van der Waals surface area (Å²) in [4.78, 5) is 25.7. The van der Waals surface area contributed by atoms with Crippen molar-refractivity contribution >= 4 is 37.9 Å². The predicted octanol–water partition coefficient (Wildman–Crippen LogP) is 2.38. The van der Waals surface area contributed by atoms with Crippen LogP contribution in [0.15, 0.2) is 34.7 Å². The third-order valence-electron chi connectivity index (χ3n) is 3.90. The van der Waals surface area contributed by atoms with Crippen molar-refractivity contribution < 1.29 is 22.4 Å². The molecule has 1 N–H and O–H groups in total. The van der Waals surface area contributed by atoms with Crippen LogP contribution >= 0.6 is 11.3 Å². The highest BCUT2D eigenvalue weighted by atomic mass is 32.2. The SMILES string of the molecule is CS(=O)(=O)c1ccc(C(=NOC2CCCC2)C(=O)Nc2ncc(F)s2)cn1. The summed E-state index contributed by atoms with van der Waals surface area (Å²) in [5, 5.41) is 5.84. The molecule has 144 valence electrons. The van der Waals surface area contributed by atoms with Crippen molar-refractivity contribution in [2.24, 2.45) is 5.16 Å². The molecule has 1 fully saturated rings. The van der Waals surface area contributed by atoms with Gasteiger partial charge in [-0.05, 0) is 37.8 Å². The first-order chi connectivity index (χ1) is 12.8. The number of pyridine rings is 1. The fourth-order valence-electron chi connectivity index (χ4n) is 2.55. The molecule has 0 aliphatic heterocycles. The zero-order chi connectivity index (χ0) is 19.4. The number of aromatic nitrogens is 2. The lowest BCUT2D eigenvalue weighted by molar-refractivity contribution is -0.110. The van der Waals surface area contributed by atoms with Crippen molar-refractivity contribution in [3.05, 3.63) is 35.2 Å². The van der Waals surface area contributed by atoms with Crippen LogP contribution in [0.2, 0.25) is 0 Å². The maximum absolute atomic E-state index is 13.1. The van der Waals surface area contributed by atoms with Crippen LogP contribution in [-0.4, -0.2) is 42.4 Å². The van der Waals surface area contributed by atoms with Crippen molar-refractivity contribution in [2.45, 2.75) is 36.8 Å². The molecule has 1 saturated carbocycles. The van der Waals surface area contributed by atoms with Crippen LogP contribution in [0.1, 0.15) is 31.2 Å². The molecule has 2 heterocycles. The number of nitrogens with one attached hydrogen (secondary N) is 1. The smallest absolute Gasteiger partial charge is 0.280 e.